The van der Waals surface area contributed by atoms with Gasteiger partial charge in [-0.2, -0.15) is 0 Å². The molecular formula is C20H20N2O3. The molecule has 1 unspecified atom stereocenters. The molecule has 0 aliphatic rings. The fourth-order valence-corrected chi connectivity index (χ4v) is 2.42. The third-order valence-electron chi connectivity index (χ3n) is 3.89. The van der Waals surface area contributed by atoms with Gasteiger partial charge in [0.25, 0.3) is 0 Å². The second kappa shape index (κ2) is 7.75. The van der Waals surface area contributed by atoms with Gasteiger partial charge in [-0.25, -0.2) is 0 Å². The minimum atomic E-state index is -0.286. The molecule has 1 atom stereocenters. The number of rotatable bonds is 6. The zero-order chi connectivity index (χ0) is 17.6. The van der Waals surface area contributed by atoms with Crippen molar-refractivity contribution in [3.63, 3.8) is 0 Å². The Morgan fingerprint density at radius 3 is 2.52 bits per heavy atom. The standard InChI is InChI=1S/C20H20N2O3/c1-14-8-10-17(11-9-14)20-22-21-18(25-20)12-13-19(23)24-15(2)16-6-4-3-5-7-16/h3-11,15H,12-13H2,1-2H3. The van der Waals surface area contributed by atoms with E-state index in [1.54, 1.807) is 0 Å². The van der Waals surface area contributed by atoms with Crippen LogP contribution >= 0.6 is 0 Å². The lowest BCUT2D eigenvalue weighted by Gasteiger charge is -2.12. The molecule has 128 valence electrons. The van der Waals surface area contributed by atoms with E-state index in [2.05, 4.69) is 10.2 Å². The lowest BCUT2D eigenvalue weighted by molar-refractivity contribution is -0.148. The predicted octanol–water partition coefficient (Wildman–Crippen LogP) is 4.28. The van der Waals surface area contributed by atoms with Crippen LogP contribution in [0.15, 0.2) is 59.0 Å². The molecule has 2 aromatic carbocycles. The van der Waals surface area contributed by atoms with Crippen molar-refractivity contribution < 1.29 is 13.9 Å². The van der Waals surface area contributed by atoms with E-state index in [0.29, 0.717) is 18.2 Å². The first-order valence-corrected chi connectivity index (χ1v) is 8.25. The van der Waals surface area contributed by atoms with Crippen molar-refractivity contribution in [2.75, 3.05) is 0 Å². The summed E-state index contributed by atoms with van der Waals surface area (Å²) in [5.41, 5.74) is 3.00. The summed E-state index contributed by atoms with van der Waals surface area (Å²) in [6.07, 6.45) is 0.283. The van der Waals surface area contributed by atoms with E-state index in [0.717, 1.165) is 11.1 Å². The van der Waals surface area contributed by atoms with Gasteiger partial charge in [0, 0.05) is 12.0 Å². The number of benzene rings is 2. The molecule has 25 heavy (non-hydrogen) atoms. The third-order valence-corrected chi connectivity index (χ3v) is 3.89. The van der Waals surface area contributed by atoms with Gasteiger partial charge < -0.3 is 9.15 Å². The molecule has 0 N–H and O–H groups in total. The van der Waals surface area contributed by atoms with Crippen molar-refractivity contribution in [1.82, 2.24) is 10.2 Å². The van der Waals surface area contributed by atoms with Crippen LogP contribution in [0.4, 0.5) is 0 Å². The Morgan fingerprint density at radius 1 is 1.08 bits per heavy atom. The highest BCUT2D eigenvalue weighted by atomic mass is 16.5. The van der Waals surface area contributed by atoms with E-state index in [1.807, 2.05) is 68.4 Å². The average Bonchev–Trinajstić information content (AvgIpc) is 3.10. The van der Waals surface area contributed by atoms with Gasteiger partial charge in [-0.1, -0.05) is 48.0 Å². The van der Waals surface area contributed by atoms with Crippen molar-refractivity contribution in [3.05, 3.63) is 71.6 Å². The van der Waals surface area contributed by atoms with E-state index in [-0.39, 0.29) is 18.5 Å². The van der Waals surface area contributed by atoms with Crippen LogP contribution in [0.3, 0.4) is 0 Å². The number of nitrogens with zero attached hydrogens (tertiary/aromatic N) is 2. The minimum absolute atomic E-state index is 0.201. The van der Waals surface area contributed by atoms with Crippen molar-refractivity contribution in [2.24, 2.45) is 0 Å². The van der Waals surface area contributed by atoms with E-state index >= 15 is 0 Å². The number of aryl methyl sites for hydroxylation is 2. The molecule has 0 bridgehead atoms. The molecule has 0 amide bonds. The van der Waals surface area contributed by atoms with Crippen LogP contribution in [0.1, 0.15) is 36.5 Å². The molecule has 1 aromatic heterocycles. The van der Waals surface area contributed by atoms with Crippen LogP contribution in [-0.2, 0) is 16.0 Å². The van der Waals surface area contributed by atoms with Gasteiger partial charge in [0.1, 0.15) is 6.10 Å². The fourth-order valence-electron chi connectivity index (χ4n) is 2.42. The van der Waals surface area contributed by atoms with Crippen LogP contribution in [0, 0.1) is 6.92 Å². The first-order valence-electron chi connectivity index (χ1n) is 8.25. The Hall–Kier alpha value is -2.95. The van der Waals surface area contributed by atoms with Crippen LogP contribution in [0.5, 0.6) is 0 Å². The zero-order valence-electron chi connectivity index (χ0n) is 14.3. The minimum Gasteiger partial charge on any atom is -0.458 e. The van der Waals surface area contributed by atoms with Crippen molar-refractivity contribution in [3.8, 4) is 11.5 Å². The molecule has 0 spiro atoms. The number of hydrogen-bond donors (Lipinski definition) is 0. The normalized spacial score (nSPS) is 11.9. The van der Waals surface area contributed by atoms with Crippen LogP contribution in [0.25, 0.3) is 11.5 Å². The Kier molecular flexibility index (Phi) is 5.23. The molecule has 0 fully saturated rings. The largest absolute Gasteiger partial charge is 0.458 e. The van der Waals surface area contributed by atoms with E-state index in [4.69, 9.17) is 9.15 Å². The van der Waals surface area contributed by atoms with Gasteiger partial charge in [-0.05, 0) is 31.5 Å². The monoisotopic (exact) mass is 336 g/mol. The van der Waals surface area contributed by atoms with E-state index in [1.165, 1.54) is 5.56 Å². The summed E-state index contributed by atoms with van der Waals surface area (Å²) >= 11 is 0. The summed E-state index contributed by atoms with van der Waals surface area (Å²) in [7, 11) is 0. The van der Waals surface area contributed by atoms with Gasteiger partial charge >= 0.3 is 5.97 Å². The second-order valence-corrected chi connectivity index (χ2v) is 5.91. The highest BCUT2D eigenvalue weighted by Gasteiger charge is 2.14. The molecule has 3 aromatic rings. The molecule has 5 heteroatoms. The summed E-state index contributed by atoms with van der Waals surface area (Å²) in [5, 5.41) is 8.03. The molecular weight excluding hydrogens is 316 g/mol. The molecule has 0 saturated carbocycles. The summed E-state index contributed by atoms with van der Waals surface area (Å²) in [5.74, 6) is 0.604. The van der Waals surface area contributed by atoms with E-state index < -0.39 is 0 Å². The van der Waals surface area contributed by atoms with Gasteiger partial charge in [-0.15, -0.1) is 10.2 Å². The fraction of sp³-hybridized carbons (Fsp3) is 0.250. The Morgan fingerprint density at radius 2 is 1.80 bits per heavy atom. The summed E-state index contributed by atoms with van der Waals surface area (Å²) < 4.78 is 11.1. The zero-order valence-corrected chi connectivity index (χ0v) is 14.3. The smallest absolute Gasteiger partial charge is 0.306 e. The first kappa shape index (κ1) is 16.9. The summed E-state index contributed by atoms with van der Waals surface area (Å²) in [4.78, 5) is 12.0. The molecule has 0 aliphatic heterocycles. The third kappa shape index (κ3) is 4.53. The number of esters is 1. The molecule has 3 rings (SSSR count). The Balaban J connectivity index is 1.53. The SMILES string of the molecule is Cc1ccc(-c2nnc(CCC(=O)OC(C)c3ccccc3)o2)cc1. The molecule has 0 aliphatic carbocycles. The first-order chi connectivity index (χ1) is 12.1. The highest BCUT2D eigenvalue weighted by molar-refractivity contribution is 5.69. The van der Waals surface area contributed by atoms with Gasteiger partial charge in [0.15, 0.2) is 0 Å². The summed E-state index contributed by atoms with van der Waals surface area (Å²) in [6, 6.07) is 17.5. The topological polar surface area (TPSA) is 65.2 Å². The highest BCUT2D eigenvalue weighted by Crippen LogP contribution is 2.20. The maximum absolute atomic E-state index is 12.0. The number of carbonyl (C=O) groups is 1. The van der Waals surface area contributed by atoms with Crippen LogP contribution in [-0.4, -0.2) is 16.2 Å². The van der Waals surface area contributed by atoms with Crippen molar-refractivity contribution in [1.29, 1.82) is 0 Å². The average molecular weight is 336 g/mol. The number of carbonyl (C=O) groups excluding carboxylic acids is 1. The van der Waals surface area contributed by atoms with Gasteiger partial charge in [0.05, 0.1) is 6.42 Å². The Labute approximate surface area is 146 Å². The number of ether oxygens (including phenoxy) is 1. The van der Waals surface area contributed by atoms with Gasteiger partial charge in [0.2, 0.25) is 11.8 Å². The molecule has 0 saturated heterocycles. The van der Waals surface area contributed by atoms with Crippen LogP contribution in [0.2, 0.25) is 0 Å². The maximum atomic E-state index is 12.0. The van der Waals surface area contributed by atoms with Crippen LogP contribution < -0.4 is 0 Å². The van der Waals surface area contributed by atoms with Crippen molar-refractivity contribution >= 4 is 5.97 Å². The number of aromatic nitrogens is 2. The predicted molar refractivity (Wildman–Crippen MR) is 93.7 cm³/mol. The summed E-state index contributed by atoms with van der Waals surface area (Å²) in [6.45, 7) is 3.88. The lowest BCUT2D eigenvalue weighted by Crippen LogP contribution is -2.09. The lowest BCUT2D eigenvalue weighted by atomic mass is 10.1. The Bertz CT molecular complexity index is 826. The number of hydrogen-bond acceptors (Lipinski definition) is 5. The molecule has 5 nitrogen and oxygen atoms in total. The van der Waals surface area contributed by atoms with Crippen molar-refractivity contribution in [2.45, 2.75) is 32.8 Å². The molecule has 0 radical (unpaired) electrons. The quantitative estimate of drug-likeness (QED) is 0.629. The maximum Gasteiger partial charge on any atom is 0.306 e. The van der Waals surface area contributed by atoms with Gasteiger partial charge in [-0.3, -0.25) is 4.79 Å². The van der Waals surface area contributed by atoms with E-state index in [9.17, 15) is 4.79 Å². The molecule has 1 heterocycles. The second-order valence-electron chi connectivity index (χ2n) is 5.91.